The first-order valence-electron chi connectivity index (χ1n) is 8.42. The maximum Gasteiger partial charge on any atom is 0.251 e. The van der Waals surface area contributed by atoms with Crippen molar-refractivity contribution in [3.63, 3.8) is 0 Å². The lowest BCUT2D eigenvalue weighted by Crippen LogP contribution is -2.22. The molecule has 1 amide bonds. The Hall–Kier alpha value is -3.15. The van der Waals surface area contributed by atoms with Gasteiger partial charge in [-0.15, -0.1) is 0 Å². The molecule has 2 aromatic carbocycles. The second-order valence-corrected chi connectivity index (χ2v) is 6.20. The molecule has 0 unspecified atom stereocenters. The Labute approximate surface area is 152 Å². The summed E-state index contributed by atoms with van der Waals surface area (Å²) in [6, 6.07) is 14.9. The monoisotopic (exact) mass is 351 g/mol. The van der Waals surface area contributed by atoms with Crippen LogP contribution in [0.25, 0.3) is 11.4 Å². The van der Waals surface area contributed by atoms with Crippen LogP contribution >= 0.6 is 0 Å². The average molecular weight is 351 g/mol. The van der Waals surface area contributed by atoms with E-state index in [1.807, 2.05) is 48.5 Å². The highest BCUT2D eigenvalue weighted by Gasteiger charge is 2.11. The van der Waals surface area contributed by atoms with Crippen LogP contribution in [0, 0.1) is 0 Å². The Morgan fingerprint density at radius 1 is 1.12 bits per heavy atom. The molecule has 26 heavy (non-hydrogen) atoms. The average Bonchev–Trinajstić information content (AvgIpc) is 3.15. The lowest BCUT2D eigenvalue weighted by molar-refractivity contribution is 0.0946. The highest BCUT2D eigenvalue weighted by molar-refractivity contribution is 5.94. The largest absolute Gasteiger partial charge is 0.497 e. The summed E-state index contributed by atoms with van der Waals surface area (Å²) >= 11 is 0. The fraction of sp³-hybridized carbons (Fsp3) is 0.250. The molecule has 0 aliphatic heterocycles. The third-order valence-corrected chi connectivity index (χ3v) is 4.06. The van der Waals surface area contributed by atoms with Crippen LogP contribution in [-0.4, -0.2) is 23.2 Å². The molecule has 0 aliphatic rings. The second-order valence-electron chi connectivity index (χ2n) is 6.20. The highest BCUT2D eigenvalue weighted by atomic mass is 16.5. The van der Waals surface area contributed by atoms with E-state index in [9.17, 15) is 4.79 Å². The molecule has 0 atom stereocenters. The van der Waals surface area contributed by atoms with Gasteiger partial charge in [-0.05, 0) is 47.9 Å². The standard InChI is InChI=1S/C20H21N3O3/c1-13(2)14-4-6-16(7-5-14)20(24)21-12-18-22-19(23-26-18)15-8-10-17(25-3)11-9-15/h4-11,13H,12H2,1-3H3,(H,21,24). The van der Waals surface area contributed by atoms with E-state index in [4.69, 9.17) is 9.26 Å². The molecule has 0 saturated carbocycles. The number of carbonyl (C=O) groups excluding carboxylic acids is 1. The van der Waals surface area contributed by atoms with Gasteiger partial charge >= 0.3 is 0 Å². The number of nitrogens with one attached hydrogen (secondary N) is 1. The van der Waals surface area contributed by atoms with Crippen LogP contribution in [0.2, 0.25) is 0 Å². The van der Waals surface area contributed by atoms with E-state index in [1.165, 1.54) is 5.56 Å². The number of ether oxygens (including phenoxy) is 1. The number of hydrogen-bond donors (Lipinski definition) is 1. The Morgan fingerprint density at radius 3 is 2.42 bits per heavy atom. The molecule has 1 N–H and O–H groups in total. The van der Waals surface area contributed by atoms with Crippen LogP contribution in [-0.2, 0) is 6.54 Å². The molecule has 3 rings (SSSR count). The highest BCUT2D eigenvalue weighted by Crippen LogP contribution is 2.19. The van der Waals surface area contributed by atoms with Gasteiger partial charge in [0.2, 0.25) is 11.7 Å². The molecule has 6 heteroatoms. The Balaban J connectivity index is 1.61. The summed E-state index contributed by atoms with van der Waals surface area (Å²) in [5.74, 6) is 1.83. The molecule has 1 aromatic heterocycles. The minimum Gasteiger partial charge on any atom is -0.497 e. The Kier molecular flexibility index (Phi) is 5.31. The van der Waals surface area contributed by atoms with Crippen molar-refractivity contribution < 1.29 is 14.1 Å². The summed E-state index contributed by atoms with van der Waals surface area (Å²) in [4.78, 5) is 16.5. The van der Waals surface area contributed by atoms with Gasteiger partial charge in [0, 0.05) is 11.1 Å². The van der Waals surface area contributed by atoms with Gasteiger partial charge in [0.05, 0.1) is 13.7 Å². The van der Waals surface area contributed by atoms with E-state index in [-0.39, 0.29) is 12.5 Å². The van der Waals surface area contributed by atoms with Crippen LogP contribution in [0.1, 0.15) is 41.6 Å². The number of nitrogens with zero attached hydrogens (tertiary/aromatic N) is 2. The van der Waals surface area contributed by atoms with E-state index in [2.05, 4.69) is 29.3 Å². The number of amides is 1. The van der Waals surface area contributed by atoms with Crippen molar-refractivity contribution in [3.8, 4) is 17.1 Å². The number of rotatable bonds is 6. The number of aromatic nitrogens is 2. The molecule has 0 saturated heterocycles. The van der Waals surface area contributed by atoms with Crippen LogP contribution < -0.4 is 10.1 Å². The van der Waals surface area contributed by atoms with Gasteiger partial charge in [-0.2, -0.15) is 4.98 Å². The van der Waals surface area contributed by atoms with Crippen molar-refractivity contribution >= 4 is 5.91 Å². The van der Waals surface area contributed by atoms with Gasteiger partial charge in [0.1, 0.15) is 5.75 Å². The molecule has 0 fully saturated rings. The van der Waals surface area contributed by atoms with Gasteiger partial charge in [0.15, 0.2) is 0 Å². The van der Waals surface area contributed by atoms with Crippen molar-refractivity contribution in [2.45, 2.75) is 26.3 Å². The zero-order valence-corrected chi connectivity index (χ0v) is 15.0. The predicted octanol–water partition coefficient (Wildman–Crippen LogP) is 3.80. The molecule has 0 bridgehead atoms. The van der Waals surface area contributed by atoms with Crippen molar-refractivity contribution in [1.29, 1.82) is 0 Å². The minimum absolute atomic E-state index is 0.175. The van der Waals surface area contributed by atoms with Gasteiger partial charge in [0.25, 0.3) is 5.91 Å². The molecular weight excluding hydrogens is 330 g/mol. The molecule has 1 heterocycles. The molecule has 3 aromatic rings. The topological polar surface area (TPSA) is 77.3 Å². The molecule has 0 aliphatic carbocycles. The smallest absolute Gasteiger partial charge is 0.251 e. The van der Waals surface area contributed by atoms with Crippen LogP contribution in [0.4, 0.5) is 0 Å². The summed E-state index contributed by atoms with van der Waals surface area (Å²) in [7, 11) is 1.61. The second kappa shape index (κ2) is 7.82. The molecule has 0 radical (unpaired) electrons. The van der Waals surface area contributed by atoms with E-state index in [0.29, 0.717) is 23.2 Å². The normalized spacial score (nSPS) is 10.8. The maximum atomic E-state index is 12.2. The third kappa shape index (κ3) is 4.08. The van der Waals surface area contributed by atoms with Crippen molar-refractivity contribution in [1.82, 2.24) is 15.5 Å². The van der Waals surface area contributed by atoms with Gasteiger partial charge in [-0.25, -0.2) is 0 Å². The maximum absolute atomic E-state index is 12.2. The summed E-state index contributed by atoms with van der Waals surface area (Å²) in [5.41, 5.74) is 2.61. The van der Waals surface area contributed by atoms with Crippen molar-refractivity contribution in [3.05, 3.63) is 65.5 Å². The minimum atomic E-state index is -0.176. The summed E-state index contributed by atoms with van der Waals surface area (Å²) < 4.78 is 10.3. The first kappa shape index (κ1) is 17.7. The molecular formula is C20H21N3O3. The van der Waals surface area contributed by atoms with Gasteiger partial charge in [-0.1, -0.05) is 31.1 Å². The third-order valence-electron chi connectivity index (χ3n) is 4.06. The van der Waals surface area contributed by atoms with Crippen LogP contribution in [0.15, 0.2) is 53.1 Å². The lowest BCUT2D eigenvalue weighted by Gasteiger charge is -2.06. The van der Waals surface area contributed by atoms with Gasteiger partial charge < -0.3 is 14.6 Å². The zero-order valence-electron chi connectivity index (χ0n) is 15.0. The van der Waals surface area contributed by atoms with Crippen molar-refractivity contribution in [2.24, 2.45) is 0 Å². The van der Waals surface area contributed by atoms with Crippen molar-refractivity contribution in [2.75, 3.05) is 7.11 Å². The van der Waals surface area contributed by atoms with Gasteiger partial charge in [-0.3, -0.25) is 4.79 Å². The summed E-state index contributed by atoms with van der Waals surface area (Å²) in [6.07, 6.45) is 0. The molecule has 6 nitrogen and oxygen atoms in total. The van der Waals surface area contributed by atoms with Crippen LogP contribution in [0.3, 0.4) is 0 Å². The van der Waals surface area contributed by atoms with E-state index in [0.717, 1.165) is 11.3 Å². The fourth-order valence-corrected chi connectivity index (χ4v) is 2.46. The number of benzene rings is 2. The number of hydrogen-bond acceptors (Lipinski definition) is 5. The number of carbonyl (C=O) groups is 1. The Bertz CT molecular complexity index is 868. The quantitative estimate of drug-likeness (QED) is 0.731. The number of methoxy groups -OCH3 is 1. The SMILES string of the molecule is COc1ccc(-c2noc(CNC(=O)c3ccc(C(C)C)cc3)n2)cc1. The summed E-state index contributed by atoms with van der Waals surface area (Å²) in [5, 5.41) is 6.74. The molecule has 134 valence electrons. The first-order valence-corrected chi connectivity index (χ1v) is 8.42. The van der Waals surface area contributed by atoms with E-state index < -0.39 is 0 Å². The zero-order chi connectivity index (χ0) is 18.5. The lowest BCUT2D eigenvalue weighted by atomic mass is 10.0. The Morgan fingerprint density at radius 2 is 1.81 bits per heavy atom. The van der Waals surface area contributed by atoms with E-state index >= 15 is 0 Å². The first-order chi connectivity index (χ1) is 12.6. The fourth-order valence-electron chi connectivity index (χ4n) is 2.46. The van der Waals surface area contributed by atoms with E-state index in [1.54, 1.807) is 7.11 Å². The molecule has 0 spiro atoms. The summed E-state index contributed by atoms with van der Waals surface area (Å²) in [6.45, 7) is 4.41. The van der Waals surface area contributed by atoms with Crippen LogP contribution in [0.5, 0.6) is 5.75 Å². The predicted molar refractivity (Wildman–Crippen MR) is 98.0 cm³/mol.